The summed E-state index contributed by atoms with van der Waals surface area (Å²) in [6, 6.07) is 11.2. The molecule has 0 spiro atoms. The number of hydrogen-bond donors (Lipinski definition) is 1. The lowest BCUT2D eigenvalue weighted by Gasteiger charge is -2.22. The number of hydrogen-bond acceptors (Lipinski definition) is 4. The second kappa shape index (κ2) is 6.16. The molecule has 1 amide bonds. The van der Waals surface area contributed by atoms with Gasteiger partial charge in [-0.05, 0) is 38.0 Å². The van der Waals surface area contributed by atoms with Gasteiger partial charge in [-0.2, -0.15) is 5.10 Å². The van der Waals surface area contributed by atoms with Crippen LogP contribution in [0.2, 0.25) is 0 Å². The van der Waals surface area contributed by atoms with E-state index in [9.17, 15) is 13.2 Å². The maximum Gasteiger partial charge on any atom is 0.272 e. The molecule has 0 atom stereocenters. The van der Waals surface area contributed by atoms with E-state index in [1.807, 2.05) is 37.3 Å². The van der Waals surface area contributed by atoms with Gasteiger partial charge < -0.3 is 5.32 Å². The molecule has 1 saturated heterocycles. The van der Waals surface area contributed by atoms with Crippen LogP contribution < -0.4 is 5.32 Å². The van der Waals surface area contributed by atoms with Crippen LogP contribution >= 0.6 is 0 Å². The first kappa shape index (κ1) is 15.7. The molecule has 7 heteroatoms. The van der Waals surface area contributed by atoms with Gasteiger partial charge in [0.2, 0.25) is 0 Å². The van der Waals surface area contributed by atoms with E-state index in [1.165, 1.54) is 0 Å². The molecule has 1 aromatic carbocycles. The molecule has 1 N–H and O–H groups in total. The SMILES string of the molecule is Cc1cc(C(=O)NC2CCS(=O)(=O)CC2)nn1-c1ccccc1. The number of amides is 1. The molecule has 1 aromatic heterocycles. The van der Waals surface area contributed by atoms with Crippen molar-refractivity contribution in [3.8, 4) is 5.69 Å². The Bertz CT molecular complexity index is 798. The third kappa shape index (κ3) is 3.61. The molecule has 6 nitrogen and oxygen atoms in total. The van der Waals surface area contributed by atoms with E-state index >= 15 is 0 Å². The lowest BCUT2D eigenvalue weighted by atomic mass is 10.1. The monoisotopic (exact) mass is 333 g/mol. The Hall–Kier alpha value is -2.15. The first-order chi connectivity index (χ1) is 10.9. The van der Waals surface area contributed by atoms with E-state index in [0.29, 0.717) is 18.5 Å². The highest BCUT2D eigenvalue weighted by Crippen LogP contribution is 2.15. The van der Waals surface area contributed by atoms with E-state index in [1.54, 1.807) is 10.7 Å². The standard InChI is InChI=1S/C16H19N3O3S/c1-12-11-15(18-19(12)14-5-3-2-4-6-14)16(20)17-13-7-9-23(21,22)10-8-13/h2-6,11,13H,7-10H2,1H3,(H,17,20). The van der Waals surface area contributed by atoms with Gasteiger partial charge in [-0.1, -0.05) is 18.2 Å². The van der Waals surface area contributed by atoms with E-state index in [-0.39, 0.29) is 23.5 Å². The molecule has 3 rings (SSSR count). The van der Waals surface area contributed by atoms with Crippen molar-refractivity contribution in [3.05, 3.63) is 47.8 Å². The van der Waals surface area contributed by atoms with Crippen molar-refractivity contribution < 1.29 is 13.2 Å². The number of aromatic nitrogens is 2. The Labute approximate surface area is 135 Å². The molecular formula is C16H19N3O3S. The molecule has 122 valence electrons. The molecule has 1 aliphatic heterocycles. The largest absolute Gasteiger partial charge is 0.348 e. The van der Waals surface area contributed by atoms with Gasteiger partial charge in [-0.25, -0.2) is 13.1 Å². The lowest BCUT2D eigenvalue weighted by molar-refractivity contribution is 0.0928. The van der Waals surface area contributed by atoms with Crippen molar-refractivity contribution in [2.75, 3.05) is 11.5 Å². The number of rotatable bonds is 3. The van der Waals surface area contributed by atoms with Gasteiger partial charge in [0, 0.05) is 11.7 Å². The number of nitrogens with zero attached hydrogens (tertiary/aromatic N) is 2. The van der Waals surface area contributed by atoms with E-state index in [4.69, 9.17) is 0 Å². The maximum absolute atomic E-state index is 12.3. The van der Waals surface area contributed by atoms with Gasteiger partial charge in [-0.3, -0.25) is 4.79 Å². The van der Waals surface area contributed by atoms with Crippen molar-refractivity contribution >= 4 is 15.7 Å². The fraction of sp³-hybridized carbons (Fsp3) is 0.375. The molecule has 0 saturated carbocycles. The second-order valence-electron chi connectivity index (χ2n) is 5.82. The van der Waals surface area contributed by atoms with Gasteiger partial charge in [0.15, 0.2) is 5.69 Å². The highest BCUT2D eigenvalue weighted by molar-refractivity contribution is 7.91. The fourth-order valence-electron chi connectivity index (χ4n) is 2.71. The number of nitrogens with one attached hydrogen (secondary N) is 1. The second-order valence-corrected chi connectivity index (χ2v) is 8.12. The summed E-state index contributed by atoms with van der Waals surface area (Å²) >= 11 is 0. The van der Waals surface area contributed by atoms with Crippen molar-refractivity contribution in [3.63, 3.8) is 0 Å². The Kier molecular flexibility index (Phi) is 4.21. The Morgan fingerprint density at radius 1 is 1.22 bits per heavy atom. The van der Waals surface area contributed by atoms with Crippen LogP contribution in [-0.4, -0.2) is 41.7 Å². The Balaban J connectivity index is 1.71. The van der Waals surface area contributed by atoms with Gasteiger partial charge in [0.05, 0.1) is 17.2 Å². The van der Waals surface area contributed by atoms with Gasteiger partial charge in [0.25, 0.3) is 5.91 Å². The smallest absolute Gasteiger partial charge is 0.272 e. The van der Waals surface area contributed by atoms with E-state index in [0.717, 1.165) is 11.4 Å². The predicted molar refractivity (Wildman–Crippen MR) is 87.4 cm³/mol. The average molecular weight is 333 g/mol. The van der Waals surface area contributed by atoms with Crippen LogP contribution in [0.3, 0.4) is 0 Å². The lowest BCUT2D eigenvalue weighted by Crippen LogP contribution is -2.41. The first-order valence-corrected chi connectivity index (χ1v) is 9.40. The number of carbonyl (C=O) groups excluding carboxylic acids is 1. The zero-order chi connectivity index (χ0) is 16.4. The number of aryl methyl sites for hydroxylation is 1. The molecule has 2 aromatic rings. The molecule has 1 fully saturated rings. The van der Waals surface area contributed by atoms with Crippen LogP contribution in [0.15, 0.2) is 36.4 Å². The van der Waals surface area contributed by atoms with E-state index in [2.05, 4.69) is 10.4 Å². The summed E-state index contributed by atoms with van der Waals surface area (Å²) in [5.74, 6) is 0.0114. The molecule has 0 radical (unpaired) electrons. The van der Waals surface area contributed by atoms with Crippen LogP contribution in [0.25, 0.3) is 5.69 Å². The van der Waals surface area contributed by atoms with Crippen molar-refractivity contribution in [1.82, 2.24) is 15.1 Å². The van der Waals surface area contributed by atoms with Crippen LogP contribution in [-0.2, 0) is 9.84 Å². The summed E-state index contributed by atoms with van der Waals surface area (Å²) in [4.78, 5) is 12.3. The fourth-order valence-corrected chi connectivity index (χ4v) is 4.20. The molecule has 1 aliphatic rings. The summed E-state index contributed by atoms with van der Waals surface area (Å²) in [6.07, 6.45) is 0.929. The topological polar surface area (TPSA) is 81.1 Å². The van der Waals surface area contributed by atoms with Gasteiger partial charge in [-0.15, -0.1) is 0 Å². The number of carbonyl (C=O) groups is 1. The molecule has 0 unspecified atom stereocenters. The van der Waals surface area contributed by atoms with Crippen LogP contribution in [0, 0.1) is 6.92 Å². The molecule has 2 heterocycles. The molecule has 0 bridgehead atoms. The zero-order valence-corrected chi connectivity index (χ0v) is 13.7. The predicted octanol–water partition coefficient (Wildman–Crippen LogP) is 1.49. The maximum atomic E-state index is 12.3. The minimum Gasteiger partial charge on any atom is -0.348 e. The van der Waals surface area contributed by atoms with Crippen LogP contribution in [0.5, 0.6) is 0 Å². The zero-order valence-electron chi connectivity index (χ0n) is 12.9. The normalized spacial score (nSPS) is 17.8. The summed E-state index contributed by atoms with van der Waals surface area (Å²) in [6.45, 7) is 1.89. The van der Waals surface area contributed by atoms with Crippen LogP contribution in [0.1, 0.15) is 29.0 Å². The molecule has 23 heavy (non-hydrogen) atoms. The quantitative estimate of drug-likeness (QED) is 0.923. The Morgan fingerprint density at radius 3 is 2.52 bits per heavy atom. The minimum absolute atomic E-state index is 0.104. The summed E-state index contributed by atoms with van der Waals surface area (Å²) in [5.41, 5.74) is 2.11. The number of benzene rings is 1. The highest BCUT2D eigenvalue weighted by Gasteiger charge is 2.25. The third-order valence-electron chi connectivity index (χ3n) is 4.01. The molecule has 0 aliphatic carbocycles. The Morgan fingerprint density at radius 2 is 1.87 bits per heavy atom. The third-order valence-corrected chi connectivity index (χ3v) is 5.73. The van der Waals surface area contributed by atoms with Gasteiger partial charge in [0.1, 0.15) is 9.84 Å². The number of sulfone groups is 1. The van der Waals surface area contributed by atoms with Crippen molar-refractivity contribution in [2.45, 2.75) is 25.8 Å². The molecular weight excluding hydrogens is 314 g/mol. The summed E-state index contributed by atoms with van der Waals surface area (Å²) in [5, 5.41) is 7.25. The summed E-state index contributed by atoms with van der Waals surface area (Å²) in [7, 11) is -2.93. The van der Waals surface area contributed by atoms with Gasteiger partial charge >= 0.3 is 0 Å². The van der Waals surface area contributed by atoms with Crippen molar-refractivity contribution in [1.29, 1.82) is 0 Å². The minimum atomic E-state index is -2.93. The average Bonchev–Trinajstić information content (AvgIpc) is 2.92. The summed E-state index contributed by atoms with van der Waals surface area (Å²) < 4.78 is 24.6. The highest BCUT2D eigenvalue weighted by atomic mass is 32.2. The van der Waals surface area contributed by atoms with Crippen molar-refractivity contribution in [2.24, 2.45) is 0 Å². The van der Waals surface area contributed by atoms with E-state index < -0.39 is 9.84 Å². The number of para-hydroxylation sites is 1. The van der Waals surface area contributed by atoms with Crippen LogP contribution in [0.4, 0.5) is 0 Å². The first-order valence-electron chi connectivity index (χ1n) is 7.58.